The first kappa shape index (κ1) is 30.4. The van der Waals surface area contributed by atoms with Crippen LogP contribution in [-0.2, 0) is 19.6 Å². The monoisotopic (exact) mass is 607 g/mol. The van der Waals surface area contributed by atoms with E-state index in [-0.39, 0.29) is 16.5 Å². The molecule has 12 heteroatoms. The van der Waals surface area contributed by atoms with Crippen LogP contribution in [0.25, 0.3) is 5.69 Å². The van der Waals surface area contributed by atoms with Crippen molar-refractivity contribution in [2.24, 2.45) is 5.10 Å². The molecule has 10 nitrogen and oxygen atoms in total. The molecule has 0 aliphatic carbocycles. The average molecular weight is 608 g/mol. The van der Waals surface area contributed by atoms with Gasteiger partial charge in [0.15, 0.2) is 0 Å². The summed E-state index contributed by atoms with van der Waals surface area (Å²) in [6.07, 6.45) is 1.51. The molecule has 0 saturated heterocycles. The highest BCUT2D eigenvalue weighted by atomic mass is 35.5. The Kier molecular flexibility index (Phi) is 9.34. The van der Waals surface area contributed by atoms with Gasteiger partial charge < -0.3 is 14.6 Å². The Hall–Kier alpha value is -4.61. The Morgan fingerprint density at radius 2 is 1.64 bits per heavy atom. The topological polar surface area (TPSA) is 122 Å². The van der Waals surface area contributed by atoms with E-state index >= 15 is 0 Å². The summed E-state index contributed by atoms with van der Waals surface area (Å²) >= 11 is 6.03. The number of methoxy groups -OCH3 is 1. The molecule has 1 aromatic heterocycles. The standard InChI is InChI=1S/C30H30ClN5O5S/c1-20-17-23(21(2)36(20)27-9-5-24(31)6-10-27)18-32-34-30(38)19-35(26-11-13-28(41-4)14-12-26)42(39,40)29-15-7-25(8-16-29)33-22(3)37/h5-18H,19H2,1-4H3,(H,33,37)(H,34,38)/b32-18-. The number of aryl methyl sites for hydroxylation is 1. The molecule has 0 aliphatic heterocycles. The largest absolute Gasteiger partial charge is 0.497 e. The minimum atomic E-state index is -4.18. The number of nitrogens with zero attached hydrogens (tertiary/aromatic N) is 3. The van der Waals surface area contributed by atoms with E-state index < -0.39 is 22.5 Å². The summed E-state index contributed by atoms with van der Waals surface area (Å²) in [5, 5.41) is 7.33. The number of carbonyl (C=O) groups is 2. The highest BCUT2D eigenvalue weighted by molar-refractivity contribution is 7.92. The summed E-state index contributed by atoms with van der Waals surface area (Å²) in [5.74, 6) is -0.400. The number of carbonyl (C=O) groups excluding carboxylic acids is 2. The second kappa shape index (κ2) is 12.9. The minimum Gasteiger partial charge on any atom is -0.497 e. The third-order valence-corrected chi connectivity index (χ3v) is 8.40. The van der Waals surface area contributed by atoms with Gasteiger partial charge in [-0.05, 0) is 92.7 Å². The number of hydrogen-bond acceptors (Lipinski definition) is 6. The lowest BCUT2D eigenvalue weighted by Crippen LogP contribution is -2.39. The molecule has 2 amide bonds. The molecule has 4 rings (SSSR count). The fraction of sp³-hybridized carbons (Fsp3) is 0.167. The summed E-state index contributed by atoms with van der Waals surface area (Å²) in [6, 6.07) is 21.3. The van der Waals surface area contributed by atoms with Crippen molar-refractivity contribution in [1.29, 1.82) is 0 Å². The summed E-state index contributed by atoms with van der Waals surface area (Å²) in [4.78, 5) is 24.3. The van der Waals surface area contributed by atoms with Crippen molar-refractivity contribution in [2.45, 2.75) is 25.7 Å². The average Bonchev–Trinajstić information content (AvgIpc) is 3.24. The lowest BCUT2D eigenvalue weighted by atomic mass is 10.2. The van der Waals surface area contributed by atoms with Crippen LogP contribution in [-0.4, -0.2) is 44.7 Å². The number of hydrazone groups is 1. The molecule has 0 aliphatic rings. The number of benzene rings is 3. The molecule has 42 heavy (non-hydrogen) atoms. The second-order valence-corrected chi connectivity index (χ2v) is 11.6. The smallest absolute Gasteiger partial charge is 0.264 e. The van der Waals surface area contributed by atoms with Crippen molar-refractivity contribution in [3.8, 4) is 11.4 Å². The number of sulfonamides is 1. The predicted octanol–water partition coefficient (Wildman–Crippen LogP) is 5.06. The second-order valence-electron chi connectivity index (χ2n) is 9.35. The zero-order chi connectivity index (χ0) is 30.4. The molecule has 2 N–H and O–H groups in total. The van der Waals surface area contributed by atoms with Crippen LogP contribution >= 0.6 is 11.6 Å². The van der Waals surface area contributed by atoms with Crippen LogP contribution in [0.15, 0.2) is 88.9 Å². The van der Waals surface area contributed by atoms with Crippen LogP contribution in [0.1, 0.15) is 23.9 Å². The Balaban J connectivity index is 1.55. The summed E-state index contributed by atoms with van der Waals surface area (Å²) in [7, 11) is -2.68. The Morgan fingerprint density at radius 1 is 1.00 bits per heavy atom. The van der Waals surface area contributed by atoms with Gasteiger partial charge in [0.2, 0.25) is 5.91 Å². The van der Waals surface area contributed by atoms with Crippen LogP contribution < -0.4 is 19.8 Å². The van der Waals surface area contributed by atoms with Gasteiger partial charge in [-0.25, -0.2) is 13.8 Å². The van der Waals surface area contributed by atoms with E-state index in [1.165, 1.54) is 44.5 Å². The lowest BCUT2D eigenvalue weighted by molar-refractivity contribution is -0.119. The number of ether oxygens (including phenoxy) is 1. The quantitative estimate of drug-likeness (QED) is 0.193. The van der Waals surface area contributed by atoms with Gasteiger partial charge in [0.05, 0.1) is 23.9 Å². The van der Waals surface area contributed by atoms with Gasteiger partial charge in [0.1, 0.15) is 12.3 Å². The molecule has 0 unspecified atom stereocenters. The summed E-state index contributed by atoms with van der Waals surface area (Å²) in [5.41, 5.74) is 6.71. The normalized spacial score (nSPS) is 11.4. The lowest BCUT2D eigenvalue weighted by Gasteiger charge is -2.24. The van der Waals surface area contributed by atoms with Crippen LogP contribution in [0, 0.1) is 13.8 Å². The molecule has 3 aromatic carbocycles. The predicted molar refractivity (Wildman–Crippen MR) is 164 cm³/mol. The van der Waals surface area contributed by atoms with Crippen molar-refractivity contribution in [3.05, 3.63) is 101 Å². The molecule has 0 fully saturated rings. The van der Waals surface area contributed by atoms with E-state index in [9.17, 15) is 18.0 Å². The van der Waals surface area contributed by atoms with Crippen molar-refractivity contribution in [2.75, 3.05) is 23.3 Å². The maximum absolute atomic E-state index is 13.7. The van der Waals surface area contributed by atoms with E-state index in [0.29, 0.717) is 16.5 Å². The molecule has 0 spiro atoms. The summed E-state index contributed by atoms with van der Waals surface area (Å²) in [6.45, 7) is 4.70. The number of aromatic nitrogens is 1. The molecule has 0 radical (unpaired) electrons. The number of amides is 2. The fourth-order valence-corrected chi connectivity index (χ4v) is 5.90. The van der Waals surface area contributed by atoms with Gasteiger partial charge in [-0.15, -0.1) is 0 Å². The molecule has 218 valence electrons. The van der Waals surface area contributed by atoms with Gasteiger partial charge in [-0.1, -0.05) is 11.6 Å². The number of hydrogen-bond donors (Lipinski definition) is 2. The number of anilines is 2. The third-order valence-electron chi connectivity index (χ3n) is 6.36. The number of nitrogens with one attached hydrogen (secondary N) is 2. The van der Waals surface area contributed by atoms with E-state index in [2.05, 4.69) is 15.8 Å². The first-order valence-corrected chi connectivity index (χ1v) is 14.6. The van der Waals surface area contributed by atoms with Gasteiger partial charge in [-0.2, -0.15) is 5.10 Å². The van der Waals surface area contributed by atoms with Crippen molar-refractivity contribution >= 4 is 51.0 Å². The fourth-order valence-electron chi connectivity index (χ4n) is 4.35. The Morgan fingerprint density at radius 3 is 2.24 bits per heavy atom. The highest BCUT2D eigenvalue weighted by Crippen LogP contribution is 2.27. The Bertz CT molecular complexity index is 1720. The number of rotatable bonds is 10. The van der Waals surface area contributed by atoms with Gasteiger partial charge in [0.25, 0.3) is 15.9 Å². The van der Waals surface area contributed by atoms with Crippen molar-refractivity contribution in [3.63, 3.8) is 0 Å². The van der Waals surface area contributed by atoms with E-state index in [0.717, 1.165) is 26.9 Å². The van der Waals surface area contributed by atoms with Crippen LogP contribution in [0.2, 0.25) is 5.02 Å². The van der Waals surface area contributed by atoms with Crippen molar-refractivity contribution in [1.82, 2.24) is 9.99 Å². The van der Waals surface area contributed by atoms with Crippen LogP contribution in [0.4, 0.5) is 11.4 Å². The van der Waals surface area contributed by atoms with E-state index in [1.807, 2.05) is 48.7 Å². The molecule has 0 saturated carbocycles. The van der Waals surface area contributed by atoms with Crippen LogP contribution in [0.3, 0.4) is 0 Å². The molecule has 0 atom stereocenters. The Labute approximate surface area is 249 Å². The maximum atomic E-state index is 13.7. The zero-order valence-electron chi connectivity index (χ0n) is 23.5. The van der Waals surface area contributed by atoms with Gasteiger partial charge >= 0.3 is 0 Å². The van der Waals surface area contributed by atoms with Gasteiger partial charge in [-0.3, -0.25) is 13.9 Å². The third kappa shape index (κ3) is 6.99. The first-order valence-electron chi connectivity index (χ1n) is 12.8. The SMILES string of the molecule is COc1ccc(N(CC(=O)N/N=C\c2cc(C)n(-c3ccc(Cl)cc3)c2C)S(=O)(=O)c2ccc(NC(C)=O)cc2)cc1. The van der Waals surface area contributed by atoms with Crippen molar-refractivity contribution < 1.29 is 22.7 Å². The molecular formula is C30H30ClN5O5S. The van der Waals surface area contributed by atoms with Gasteiger partial charge in [0, 0.05) is 40.3 Å². The minimum absolute atomic E-state index is 0.0571. The number of halogens is 1. The molecular weight excluding hydrogens is 578 g/mol. The molecule has 4 aromatic rings. The van der Waals surface area contributed by atoms with E-state index in [1.54, 1.807) is 24.3 Å². The summed E-state index contributed by atoms with van der Waals surface area (Å²) < 4.78 is 35.5. The van der Waals surface area contributed by atoms with E-state index in [4.69, 9.17) is 16.3 Å². The van der Waals surface area contributed by atoms with Crippen LogP contribution in [0.5, 0.6) is 5.75 Å². The highest BCUT2D eigenvalue weighted by Gasteiger charge is 2.27. The molecule has 1 heterocycles. The zero-order valence-corrected chi connectivity index (χ0v) is 25.0. The maximum Gasteiger partial charge on any atom is 0.264 e. The first-order chi connectivity index (χ1) is 20.0. The molecule has 0 bridgehead atoms.